The van der Waals surface area contributed by atoms with Gasteiger partial charge in [-0.2, -0.15) is 0 Å². The second-order valence-electron chi connectivity index (χ2n) is 6.53. The molecule has 0 aromatic heterocycles. The fourth-order valence-corrected chi connectivity index (χ4v) is 3.23. The van der Waals surface area contributed by atoms with Gasteiger partial charge in [-0.25, -0.2) is 4.99 Å². The van der Waals surface area contributed by atoms with Crippen molar-refractivity contribution in [1.29, 1.82) is 0 Å². The fraction of sp³-hybridized carbons (Fsp3) is 0.263. The van der Waals surface area contributed by atoms with Crippen LogP contribution in [0.25, 0.3) is 0 Å². The predicted molar refractivity (Wildman–Crippen MR) is 114 cm³/mol. The molecule has 1 aliphatic rings. The zero-order valence-corrected chi connectivity index (χ0v) is 17.3. The molecule has 30 heavy (non-hydrogen) atoms. The Bertz CT molecular complexity index is 941. The molecule has 0 bridgehead atoms. The Labute approximate surface area is 182 Å². The summed E-state index contributed by atoms with van der Waals surface area (Å²) in [6, 6.07) is 6.23. The highest BCUT2D eigenvalue weighted by atomic mass is 35.5. The van der Waals surface area contributed by atoms with Gasteiger partial charge in [0.15, 0.2) is 11.0 Å². The van der Waals surface area contributed by atoms with Crippen LogP contribution in [0.3, 0.4) is 0 Å². The van der Waals surface area contributed by atoms with Crippen molar-refractivity contribution >= 4 is 52.6 Å². The van der Waals surface area contributed by atoms with Gasteiger partial charge >= 0.3 is 5.97 Å². The van der Waals surface area contributed by atoms with Gasteiger partial charge in [0.05, 0.1) is 17.3 Å². The summed E-state index contributed by atoms with van der Waals surface area (Å²) in [7, 11) is 0. The SMILES string of the molecule is NC(N)=Nc1cccc(C(=O)NCC(=O)NC2(Cl)CC(CCC(=O)O)=CC=C2Cl)c1. The third kappa shape index (κ3) is 6.78. The first-order chi connectivity index (χ1) is 14.1. The molecule has 1 unspecified atom stereocenters. The van der Waals surface area contributed by atoms with Crippen LogP contribution in [0.5, 0.6) is 0 Å². The highest BCUT2D eigenvalue weighted by Gasteiger charge is 2.35. The molecule has 7 N–H and O–H groups in total. The standard InChI is InChI=1S/C19H21Cl2N5O4/c20-14-6-4-11(5-7-16(28)29)9-19(14,21)26-15(27)10-24-17(30)12-2-1-3-13(8-12)25-18(22)23/h1-4,6,8H,5,7,9-10H2,(H,24,30)(H,26,27)(H,28,29)(H4,22,23,25). The smallest absolute Gasteiger partial charge is 0.303 e. The number of carboxylic acids is 1. The number of aliphatic carboxylic acids is 1. The summed E-state index contributed by atoms with van der Waals surface area (Å²) >= 11 is 12.6. The molecule has 160 valence electrons. The van der Waals surface area contributed by atoms with Crippen LogP contribution in [0.1, 0.15) is 29.6 Å². The predicted octanol–water partition coefficient (Wildman–Crippen LogP) is 1.69. The molecule has 9 nitrogen and oxygen atoms in total. The highest BCUT2D eigenvalue weighted by Crippen LogP contribution is 2.37. The van der Waals surface area contributed by atoms with Crippen LogP contribution in [-0.2, 0) is 9.59 Å². The van der Waals surface area contributed by atoms with Gasteiger partial charge in [0, 0.05) is 18.4 Å². The molecule has 0 fully saturated rings. The van der Waals surface area contributed by atoms with Gasteiger partial charge in [-0.15, -0.1) is 0 Å². The summed E-state index contributed by atoms with van der Waals surface area (Å²) in [6.07, 6.45) is 3.57. The Hall–Kier alpha value is -3.04. The lowest BCUT2D eigenvalue weighted by Gasteiger charge is -2.31. The Morgan fingerprint density at radius 1 is 1.23 bits per heavy atom. The van der Waals surface area contributed by atoms with Crippen LogP contribution in [0.2, 0.25) is 0 Å². The van der Waals surface area contributed by atoms with Crippen LogP contribution < -0.4 is 22.1 Å². The average Bonchev–Trinajstić information content (AvgIpc) is 2.66. The Morgan fingerprint density at radius 2 is 1.97 bits per heavy atom. The van der Waals surface area contributed by atoms with E-state index in [0.717, 1.165) is 5.57 Å². The number of alkyl halides is 1. The quantitative estimate of drug-likeness (QED) is 0.174. The number of halogens is 2. The van der Waals surface area contributed by atoms with Crippen molar-refractivity contribution in [2.75, 3.05) is 6.54 Å². The fourth-order valence-electron chi connectivity index (χ4n) is 2.72. The third-order valence-electron chi connectivity index (χ3n) is 4.09. The van der Waals surface area contributed by atoms with Gasteiger partial charge in [0.25, 0.3) is 5.91 Å². The normalized spacial score (nSPS) is 17.9. The van der Waals surface area contributed by atoms with Crippen LogP contribution in [0, 0.1) is 0 Å². The first-order valence-corrected chi connectivity index (χ1v) is 9.60. The third-order valence-corrected chi connectivity index (χ3v) is 5.07. The molecule has 0 saturated heterocycles. The second-order valence-corrected chi connectivity index (χ2v) is 7.58. The minimum atomic E-state index is -1.40. The Kier molecular flexibility index (Phi) is 7.85. The maximum absolute atomic E-state index is 12.3. The molecule has 1 atom stereocenters. The van der Waals surface area contributed by atoms with Gasteiger partial charge in [-0.1, -0.05) is 40.9 Å². The number of hydrogen-bond donors (Lipinski definition) is 5. The van der Waals surface area contributed by atoms with Crippen LogP contribution in [-0.4, -0.2) is 40.4 Å². The number of hydrogen-bond acceptors (Lipinski definition) is 4. The molecule has 1 aromatic rings. The minimum absolute atomic E-state index is 0.0623. The number of allylic oxidation sites excluding steroid dienone is 2. The summed E-state index contributed by atoms with van der Waals surface area (Å²) in [5.41, 5.74) is 12.0. The minimum Gasteiger partial charge on any atom is -0.481 e. The van der Waals surface area contributed by atoms with Crippen LogP contribution in [0.15, 0.2) is 52.0 Å². The zero-order valence-electron chi connectivity index (χ0n) is 15.8. The molecule has 0 heterocycles. The lowest BCUT2D eigenvalue weighted by Crippen LogP contribution is -2.49. The molecule has 0 spiro atoms. The number of aliphatic imine (C=N–C) groups is 1. The van der Waals surface area contributed by atoms with Crippen molar-refractivity contribution in [1.82, 2.24) is 10.6 Å². The number of nitrogens with zero attached hydrogens (tertiary/aromatic N) is 1. The molecule has 0 radical (unpaired) electrons. The number of amides is 2. The molecule has 0 saturated carbocycles. The largest absolute Gasteiger partial charge is 0.481 e. The molecular weight excluding hydrogens is 433 g/mol. The number of carbonyl (C=O) groups excluding carboxylic acids is 2. The van der Waals surface area contributed by atoms with E-state index in [-0.39, 0.29) is 42.4 Å². The topological polar surface area (TPSA) is 160 Å². The number of carbonyl (C=O) groups is 3. The molecule has 11 heteroatoms. The second kappa shape index (κ2) is 10.1. The zero-order chi connectivity index (χ0) is 22.3. The Balaban J connectivity index is 1.94. The average molecular weight is 454 g/mol. The summed E-state index contributed by atoms with van der Waals surface area (Å²) in [6.45, 7) is -0.349. The van der Waals surface area contributed by atoms with E-state index in [1.54, 1.807) is 24.3 Å². The molecule has 1 aromatic carbocycles. The molecular formula is C19H21Cl2N5O4. The number of nitrogens with two attached hydrogens (primary N) is 2. The van der Waals surface area contributed by atoms with E-state index in [9.17, 15) is 14.4 Å². The molecule has 1 aliphatic carbocycles. The van der Waals surface area contributed by atoms with E-state index in [4.69, 9.17) is 39.8 Å². The van der Waals surface area contributed by atoms with Crippen LogP contribution >= 0.6 is 23.2 Å². The van der Waals surface area contributed by atoms with Gasteiger partial charge in [-0.3, -0.25) is 14.4 Å². The lowest BCUT2D eigenvalue weighted by atomic mass is 9.96. The summed E-state index contributed by atoms with van der Waals surface area (Å²) in [4.78, 5) is 37.8. The maximum Gasteiger partial charge on any atom is 0.303 e. The van der Waals surface area contributed by atoms with Crippen molar-refractivity contribution < 1.29 is 19.5 Å². The van der Waals surface area contributed by atoms with E-state index in [2.05, 4.69) is 15.6 Å². The maximum atomic E-state index is 12.3. The highest BCUT2D eigenvalue weighted by molar-refractivity contribution is 6.40. The van der Waals surface area contributed by atoms with Gasteiger partial charge in [-0.05, 0) is 30.7 Å². The van der Waals surface area contributed by atoms with E-state index < -0.39 is 22.8 Å². The number of nitrogens with one attached hydrogen (secondary N) is 2. The Morgan fingerprint density at radius 3 is 2.63 bits per heavy atom. The summed E-state index contributed by atoms with van der Waals surface area (Å²) in [5, 5.41) is 14.1. The van der Waals surface area contributed by atoms with Crippen molar-refractivity contribution in [3.8, 4) is 0 Å². The summed E-state index contributed by atoms with van der Waals surface area (Å²) in [5.74, 6) is -2.15. The monoisotopic (exact) mass is 453 g/mol. The van der Waals surface area contributed by atoms with Crippen LogP contribution in [0.4, 0.5) is 5.69 Å². The molecule has 2 rings (SSSR count). The van der Waals surface area contributed by atoms with Crippen molar-refractivity contribution in [2.24, 2.45) is 16.5 Å². The number of rotatable bonds is 8. The van der Waals surface area contributed by atoms with E-state index in [1.165, 1.54) is 12.1 Å². The summed E-state index contributed by atoms with van der Waals surface area (Å²) < 4.78 is 0. The van der Waals surface area contributed by atoms with Gasteiger partial charge < -0.3 is 27.2 Å². The first kappa shape index (κ1) is 23.2. The lowest BCUT2D eigenvalue weighted by molar-refractivity contribution is -0.137. The van der Waals surface area contributed by atoms with Crippen molar-refractivity contribution in [2.45, 2.75) is 24.3 Å². The van der Waals surface area contributed by atoms with Crippen molar-refractivity contribution in [3.63, 3.8) is 0 Å². The number of guanidine groups is 1. The van der Waals surface area contributed by atoms with E-state index in [1.807, 2.05) is 0 Å². The number of carboxylic acid groups (broad SMARTS) is 1. The molecule has 0 aliphatic heterocycles. The first-order valence-electron chi connectivity index (χ1n) is 8.84. The van der Waals surface area contributed by atoms with Gasteiger partial charge in [0.2, 0.25) is 5.91 Å². The van der Waals surface area contributed by atoms with E-state index in [0.29, 0.717) is 5.69 Å². The number of benzene rings is 1. The molecule has 2 amide bonds. The van der Waals surface area contributed by atoms with Crippen molar-refractivity contribution in [3.05, 3.63) is 52.6 Å². The van der Waals surface area contributed by atoms with E-state index >= 15 is 0 Å². The van der Waals surface area contributed by atoms with Gasteiger partial charge in [0.1, 0.15) is 0 Å².